The Morgan fingerprint density at radius 3 is 2.61 bits per heavy atom. The van der Waals surface area contributed by atoms with Crippen molar-refractivity contribution < 1.29 is 9.90 Å². The number of fused-ring (bicyclic) bond motifs is 2. The average molecular weight is 265 g/mol. The molecule has 3 nitrogen and oxygen atoms in total. The zero-order chi connectivity index (χ0) is 12.7. The van der Waals surface area contributed by atoms with Crippen molar-refractivity contribution in [2.24, 2.45) is 0 Å². The summed E-state index contributed by atoms with van der Waals surface area (Å²) in [6.45, 7) is 2.56. The summed E-state index contributed by atoms with van der Waals surface area (Å²) in [6, 6.07) is 4.78. The highest BCUT2D eigenvalue weighted by Gasteiger charge is 2.40. The van der Waals surface area contributed by atoms with Crippen molar-refractivity contribution in [1.82, 2.24) is 4.90 Å². The number of aliphatic hydroxyl groups is 1. The lowest BCUT2D eigenvalue weighted by molar-refractivity contribution is 0.0345. The quantitative estimate of drug-likeness (QED) is 0.852. The number of hydrogen-bond acceptors (Lipinski definition) is 4. The Bertz CT molecular complexity index is 442. The van der Waals surface area contributed by atoms with Crippen LogP contribution in [0.25, 0.3) is 0 Å². The van der Waals surface area contributed by atoms with Crippen molar-refractivity contribution in [3.63, 3.8) is 0 Å². The first kappa shape index (κ1) is 12.3. The standard InChI is InChI=1S/C14H19NO2S/c1-9-2-5-14(18-9)13(17)8-15-10-3-4-11(15)7-12(16)6-10/h2,5,10-12,16H,3-4,6-8H2,1H3. The molecule has 2 unspecified atom stereocenters. The number of Topliss-reactive ketones (excluding diaryl/α,β-unsaturated/α-hetero) is 1. The summed E-state index contributed by atoms with van der Waals surface area (Å²) < 4.78 is 0. The van der Waals surface area contributed by atoms with Gasteiger partial charge in [-0.3, -0.25) is 9.69 Å². The van der Waals surface area contributed by atoms with Crippen LogP contribution in [-0.4, -0.2) is 40.5 Å². The zero-order valence-electron chi connectivity index (χ0n) is 10.6. The molecule has 3 heterocycles. The van der Waals surface area contributed by atoms with E-state index in [0.717, 1.165) is 30.6 Å². The third-order valence-electron chi connectivity index (χ3n) is 4.20. The Morgan fingerprint density at radius 2 is 2.06 bits per heavy atom. The van der Waals surface area contributed by atoms with Crippen molar-refractivity contribution in [2.45, 2.75) is 50.8 Å². The second kappa shape index (κ2) is 4.76. The summed E-state index contributed by atoms with van der Waals surface area (Å²) in [5.74, 6) is 0.237. The number of carbonyl (C=O) groups excluding carboxylic acids is 1. The molecule has 0 spiro atoms. The molecule has 0 aliphatic carbocycles. The van der Waals surface area contributed by atoms with Gasteiger partial charge in [-0.1, -0.05) is 0 Å². The minimum Gasteiger partial charge on any atom is -0.393 e. The molecular formula is C14H19NO2S. The van der Waals surface area contributed by atoms with Crippen LogP contribution < -0.4 is 0 Å². The number of thiophene rings is 1. The average Bonchev–Trinajstić information content (AvgIpc) is 2.83. The fourth-order valence-electron chi connectivity index (χ4n) is 3.33. The monoisotopic (exact) mass is 265 g/mol. The van der Waals surface area contributed by atoms with Crippen LogP contribution in [0, 0.1) is 6.92 Å². The molecule has 98 valence electrons. The van der Waals surface area contributed by atoms with Gasteiger partial charge in [0.05, 0.1) is 17.5 Å². The summed E-state index contributed by atoms with van der Waals surface area (Å²) in [5, 5.41) is 9.75. The predicted octanol–water partition coefficient (Wildman–Crippen LogP) is 2.23. The van der Waals surface area contributed by atoms with Crippen LogP contribution in [0.4, 0.5) is 0 Å². The Labute approximate surface area is 111 Å². The second-order valence-corrected chi connectivity index (χ2v) is 6.80. The molecule has 2 aliphatic heterocycles. The van der Waals surface area contributed by atoms with Crippen LogP contribution >= 0.6 is 11.3 Å². The van der Waals surface area contributed by atoms with Crippen LogP contribution in [-0.2, 0) is 0 Å². The molecule has 0 amide bonds. The number of ketones is 1. The number of aryl methyl sites for hydroxylation is 1. The molecule has 1 aromatic rings. The fourth-order valence-corrected chi connectivity index (χ4v) is 4.13. The van der Waals surface area contributed by atoms with Gasteiger partial charge in [0.2, 0.25) is 0 Å². The van der Waals surface area contributed by atoms with Gasteiger partial charge >= 0.3 is 0 Å². The van der Waals surface area contributed by atoms with Crippen LogP contribution in [0.2, 0.25) is 0 Å². The van der Waals surface area contributed by atoms with E-state index in [-0.39, 0.29) is 11.9 Å². The lowest BCUT2D eigenvalue weighted by Crippen LogP contribution is -2.46. The Balaban J connectivity index is 1.68. The minimum absolute atomic E-state index is 0.155. The van der Waals surface area contributed by atoms with Crippen molar-refractivity contribution in [1.29, 1.82) is 0 Å². The summed E-state index contributed by atoms with van der Waals surface area (Å²) in [6.07, 6.45) is 3.80. The number of piperidine rings is 1. The van der Waals surface area contributed by atoms with Gasteiger partial charge in [-0.25, -0.2) is 0 Å². The molecule has 2 bridgehead atoms. The molecule has 1 aromatic heterocycles. The van der Waals surface area contributed by atoms with Crippen molar-refractivity contribution in [3.05, 3.63) is 21.9 Å². The molecule has 18 heavy (non-hydrogen) atoms. The molecule has 4 heteroatoms. The normalized spacial score (nSPS) is 31.8. The van der Waals surface area contributed by atoms with E-state index in [1.807, 2.05) is 19.1 Å². The maximum Gasteiger partial charge on any atom is 0.186 e. The van der Waals surface area contributed by atoms with Crippen LogP contribution in [0.1, 0.15) is 40.2 Å². The van der Waals surface area contributed by atoms with E-state index in [2.05, 4.69) is 4.90 Å². The maximum atomic E-state index is 12.2. The molecule has 0 saturated carbocycles. The lowest BCUT2D eigenvalue weighted by atomic mass is 9.99. The third kappa shape index (κ3) is 2.25. The van der Waals surface area contributed by atoms with Crippen LogP contribution in [0.15, 0.2) is 12.1 Å². The van der Waals surface area contributed by atoms with E-state index in [1.165, 1.54) is 4.88 Å². The van der Waals surface area contributed by atoms with Crippen molar-refractivity contribution >= 4 is 17.1 Å². The first-order chi connectivity index (χ1) is 8.63. The molecule has 0 aromatic carbocycles. The number of aliphatic hydroxyl groups excluding tert-OH is 1. The highest BCUT2D eigenvalue weighted by molar-refractivity contribution is 7.14. The maximum absolute atomic E-state index is 12.2. The second-order valence-electron chi connectivity index (χ2n) is 5.52. The first-order valence-corrected chi connectivity index (χ1v) is 7.48. The van der Waals surface area contributed by atoms with E-state index in [1.54, 1.807) is 11.3 Å². The van der Waals surface area contributed by atoms with Gasteiger partial charge in [0.25, 0.3) is 0 Å². The number of nitrogens with zero attached hydrogens (tertiary/aromatic N) is 1. The van der Waals surface area contributed by atoms with Gasteiger partial charge in [-0.15, -0.1) is 11.3 Å². The predicted molar refractivity (Wildman–Crippen MR) is 72.1 cm³/mol. The highest BCUT2D eigenvalue weighted by atomic mass is 32.1. The Kier molecular flexibility index (Phi) is 3.26. The number of hydrogen-bond donors (Lipinski definition) is 1. The molecule has 2 aliphatic rings. The third-order valence-corrected chi connectivity index (χ3v) is 5.24. The largest absolute Gasteiger partial charge is 0.393 e. The van der Waals surface area contributed by atoms with Gasteiger partial charge in [0.1, 0.15) is 0 Å². The van der Waals surface area contributed by atoms with E-state index in [0.29, 0.717) is 18.6 Å². The van der Waals surface area contributed by atoms with Crippen LogP contribution in [0.5, 0.6) is 0 Å². The first-order valence-electron chi connectivity index (χ1n) is 6.67. The molecule has 2 fully saturated rings. The minimum atomic E-state index is -0.155. The summed E-state index contributed by atoms with van der Waals surface area (Å²) in [7, 11) is 0. The van der Waals surface area contributed by atoms with Gasteiger partial charge in [-0.05, 0) is 44.7 Å². The molecule has 2 saturated heterocycles. The Hall–Kier alpha value is -0.710. The fraction of sp³-hybridized carbons (Fsp3) is 0.643. The Morgan fingerprint density at radius 1 is 1.39 bits per heavy atom. The van der Waals surface area contributed by atoms with Gasteiger partial charge in [0, 0.05) is 17.0 Å². The van der Waals surface area contributed by atoms with Crippen LogP contribution in [0.3, 0.4) is 0 Å². The van der Waals surface area contributed by atoms with E-state index in [9.17, 15) is 9.90 Å². The molecule has 2 atom stereocenters. The smallest absolute Gasteiger partial charge is 0.186 e. The van der Waals surface area contributed by atoms with E-state index >= 15 is 0 Å². The van der Waals surface area contributed by atoms with Gasteiger partial charge in [0.15, 0.2) is 5.78 Å². The molecule has 1 N–H and O–H groups in total. The zero-order valence-corrected chi connectivity index (χ0v) is 11.4. The van der Waals surface area contributed by atoms with Gasteiger partial charge in [-0.2, -0.15) is 0 Å². The summed E-state index contributed by atoms with van der Waals surface area (Å²) in [4.78, 5) is 16.6. The number of rotatable bonds is 3. The molecule has 0 radical (unpaired) electrons. The van der Waals surface area contributed by atoms with E-state index in [4.69, 9.17) is 0 Å². The number of carbonyl (C=O) groups is 1. The van der Waals surface area contributed by atoms with E-state index < -0.39 is 0 Å². The highest BCUT2D eigenvalue weighted by Crippen LogP contribution is 2.35. The molecular weight excluding hydrogens is 246 g/mol. The summed E-state index contributed by atoms with van der Waals surface area (Å²) >= 11 is 1.58. The molecule has 3 rings (SSSR count). The lowest BCUT2D eigenvalue weighted by Gasteiger charge is -2.36. The SMILES string of the molecule is Cc1ccc(C(=O)CN2C3CCC2CC(O)C3)s1. The van der Waals surface area contributed by atoms with Gasteiger partial charge < -0.3 is 5.11 Å². The van der Waals surface area contributed by atoms with Crippen molar-refractivity contribution in [2.75, 3.05) is 6.54 Å². The topological polar surface area (TPSA) is 40.5 Å². The summed E-state index contributed by atoms with van der Waals surface area (Å²) in [5.41, 5.74) is 0. The van der Waals surface area contributed by atoms with Crippen molar-refractivity contribution in [3.8, 4) is 0 Å².